The maximum absolute atomic E-state index is 11.1. The van der Waals surface area contributed by atoms with Crippen LogP contribution in [0.2, 0.25) is 0 Å². The van der Waals surface area contributed by atoms with Crippen molar-refractivity contribution in [3.05, 3.63) is 65.6 Å². The van der Waals surface area contributed by atoms with Crippen LogP contribution in [0.5, 0.6) is 0 Å². The minimum atomic E-state index is -0.966. The highest BCUT2D eigenvalue weighted by atomic mass is 16.4. The fraction of sp³-hybridized carbons (Fsp3) is 0.278. The smallest absolute Gasteiger partial charge is 0.339 e. The normalized spacial score (nSPS) is 12.5. The molecule has 3 rings (SSSR count). The summed E-state index contributed by atoms with van der Waals surface area (Å²) in [4.78, 5) is 17.2. The molecule has 2 aromatic heterocycles. The van der Waals surface area contributed by atoms with E-state index in [0.717, 1.165) is 11.3 Å². The van der Waals surface area contributed by atoms with Crippen LogP contribution < -0.4 is 0 Å². The molecule has 0 radical (unpaired) electrons. The number of aromatic carboxylic acids is 1. The SMILES string of the molecule is Cc1oc(CN(C)C(C)c2ccc(-n3cncn3)cc2)cc1C(=O)O. The second-order valence-electron chi connectivity index (χ2n) is 6.01. The zero-order valence-corrected chi connectivity index (χ0v) is 14.4. The van der Waals surface area contributed by atoms with Gasteiger partial charge in [0.2, 0.25) is 0 Å². The van der Waals surface area contributed by atoms with Crippen molar-refractivity contribution >= 4 is 5.97 Å². The quantitative estimate of drug-likeness (QED) is 0.742. The standard InChI is InChI=1S/C18H20N4O3/c1-12(14-4-6-15(7-5-14)22-11-19-10-20-22)21(3)9-16-8-17(18(23)24)13(2)25-16/h4-8,10-12H,9H2,1-3H3,(H,23,24). The van der Waals surface area contributed by atoms with Crippen molar-refractivity contribution in [2.75, 3.05) is 7.05 Å². The lowest BCUT2D eigenvalue weighted by molar-refractivity contribution is 0.0695. The molecule has 0 aliphatic heterocycles. The van der Waals surface area contributed by atoms with Crippen LogP contribution in [-0.4, -0.2) is 37.8 Å². The molecule has 0 bridgehead atoms. The van der Waals surface area contributed by atoms with Crippen LogP contribution in [0, 0.1) is 6.92 Å². The maximum Gasteiger partial charge on any atom is 0.339 e. The molecule has 7 nitrogen and oxygen atoms in total. The lowest BCUT2D eigenvalue weighted by Crippen LogP contribution is -2.21. The molecule has 3 aromatic rings. The zero-order chi connectivity index (χ0) is 18.0. The highest BCUT2D eigenvalue weighted by molar-refractivity contribution is 5.88. The molecule has 0 aliphatic carbocycles. The Hall–Kier alpha value is -2.93. The second-order valence-corrected chi connectivity index (χ2v) is 6.01. The van der Waals surface area contributed by atoms with Gasteiger partial charge in [0.25, 0.3) is 0 Å². The third-order valence-electron chi connectivity index (χ3n) is 4.32. The average Bonchev–Trinajstić information content (AvgIpc) is 3.24. The molecule has 0 saturated carbocycles. The highest BCUT2D eigenvalue weighted by Crippen LogP contribution is 2.23. The summed E-state index contributed by atoms with van der Waals surface area (Å²) >= 11 is 0. The molecule has 0 spiro atoms. The van der Waals surface area contributed by atoms with E-state index in [2.05, 4.69) is 21.9 Å². The van der Waals surface area contributed by atoms with Gasteiger partial charge in [0.15, 0.2) is 0 Å². The number of furan rings is 1. The zero-order valence-electron chi connectivity index (χ0n) is 14.4. The molecule has 1 unspecified atom stereocenters. The second kappa shape index (κ2) is 6.90. The Kier molecular flexibility index (Phi) is 4.67. The van der Waals surface area contributed by atoms with Gasteiger partial charge in [0.1, 0.15) is 29.7 Å². The van der Waals surface area contributed by atoms with Gasteiger partial charge in [-0.15, -0.1) is 0 Å². The number of carboxylic acid groups (broad SMARTS) is 1. The van der Waals surface area contributed by atoms with Crippen molar-refractivity contribution in [1.82, 2.24) is 19.7 Å². The third-order valence-corrected chi connectivity index (χ3v) is 4.32. The molecule has 1 aromatic carbocycles. The van der Waals surface area contributed by atoms with E-state index < -0.39 is 5.97 Å². The van der Waals surface area contributed by atoms with Gasteiger partial charge < -0.3 is 9.52 Å². The van der Waals surface area contributed by atoms with Crippen molar-refractivity contribution in [2.24, 2.45) is 0 Å². The average molecular weight is 340 g/mol. The first-order chi connectivity index (χ1) is 12.0. The number of carbonyl (C=O) groups is 1. The van der Waals surface area contributed by atoms with E-state index in [-0.39, 0.29) is 11.6 Å². The molecule has 1 atom stereocenters. The Balaban J connectivity index is 1.70. The Morgan fingerprint density at radius 1 is 1.36 bits per heavy atom. The van der Waals surface area contributed by atoms with Crippen molar-refractivity contribution in [3.63, 3.8) is 0 Å². The summed E-state index contributed by atoms with van der Waals surface area (Å²) in [6.45, 7) is 4.29. The number of benzene rings is 1. The van der Waals surface area contributed by atoms with Gasteiger partial charge >= 0.3 is 5.97 Å². The molecule has 0 aliphatic rings. The first-order valence-corrected chi connectivity index (χ1v) is 7.93. The predicted octanol–water partition coefficient (Wildman–Crippen LogP) is 3.06. The summed E-state index contributed by atoms with van der Waals surface area (Å²) < 4.78 is 7.27. The molecule has 2 heterocycles. The van der Waals surface area contributed by atoms with E-state index in [1.165, 1.54) is 6.33 Å². The summed E-state index contributed by atoms with van der Waals surface area (Å²) in [5.74, 6) is 0.108. The van der Waals surface area contributed by atoms with Gasteiger partial charge in [0.05, 0.1) is 12.2 Å². The lowest BCUT2D eigenvalue weighted by atomic mass is 10.1. The Bertz CT molecular complexity index is 853. The van der Waals surface area contributed by atoms with Gasteiger partial charge in [-0.1, -0.05) is 12.1 Å². The van der Waals surface area contributed by atoms with Gasteiger partial charge in [-0.25, -0.2) is 14.5 Å². The fourth-order valence-corrected chi connectivity index (χ4v) is 2.72. The van der Waals surface area contributed by atoms with Crippen molar-refractivity contribution in [3.8, 4) is 5.69 Å². The molecule has 25 heavy (non-hydrogen) atoms. The van der Waals surface area contributed by atoms with Gasteiger partial charge in [0, 0.05) is 6.04 Å². The van der Waals surface area contributed by atoms with Gasteiger partial charge in [-0.3, -0.25) is 4.90 Å². The maximum atomic E-state index is 11.1. The molecule has 1 N–H and O–H groups in total. The highest BCUT2D eigenvalue weighted by Gasteiger charge is 2.17. The summed E-state index contributed by atoms with van der Waals surface area (Å²) in [7, 11) is 1.98. The Morgan fingerprint density at radius 3 is 2.64 bits per heavy atom. The van der Waals surface area contributed by atoms with Crippen molar-refractivity contribution in [2.45, 2.75) is 26.4 Å². The minimum Gasteiger partial charge on any atom is -0.478 e. The van der Waals surface area contributed by atoms with Crippen LogP contribution in [0.25, 0.3) is 5.69 Å². The molecule has 0 fully saturated rings. The molecule has 0 amide bonds. The van der Waals surface area contributed by atoms with Crippen LogP contribution in [-0.2, 0) is 6.54 Å². The van der Waals surface area contributed by atoms with Crippen LogP contribution in [0.4, 0.5) is 0 Å². The summed E-state index contributed by atoms with van der Waals surface area (Å²) in [6, 6.07) is 9.82. The van der Waals surface area contributed by atoms with E-state index in [1.807, 2.05) is 31.3 Å². The van der Waals surface area contributed by atoms with Crippen LogP contribution >= 0.6 is 0 Å². The topological polar surface area (TPSA) is 84.4 Å². The molecular weight excluding hydrogens is 320 g/mol. The predicted molar refractivity (Wildman–Crippen MR) is 91.6 cm³/mol. The monoisotopic (exact) mass is 340 g/mol. The number of hydrogen-bond acceptors (Lipinski definition) is 5. The van der Waals surface area contributed by atoms with Crippen LogP contribution in [0.15, 0.2) is 47.4 Å². The summed E-state index contributed by atoms with van der Waals surface area (Å²) in [5, 5.41) is 13.2. The summed E-state index contributed by atoms with van der Waals surface area (Å²) in [6.07, 6.45) is 3.16. The van der Waals surface area contributed by atoms with Gasteiger partial charge in [-0.2, -0.15) is 5.10 Å². The first-order valence-electron chi connectivity index (χ1n) is 7.93. The Morgan fingerprint density at radius 2 is 2.08 bits per heavy atom. The Labute approximate surface area is 145 Å². The molecular formula is C18H20N4O3. The minimum absolute atomic E-state index is 0.142. The first kappa shape index (κ1) is 16.9. The van der Waals surface area contributed by atoms with E-state index in [4.69, 9.17) is 9.52 Å². The largest absolute Gasteiger partial charge is 0.478 e. The van der Waals surface area contributed by atoms with E-state index in [1.54, 1.807) is 24.0 Å². The van der Waals surface area contributed by atoms with E-state index in [0.29, 0.717) is 18.1 Å². The van der Waals surface area contributed by atoms with Crippen molar-refractivity contribution in [1.29, 1.82) is 0 Å². The van der Waals surface area contributed by atoms with Crippen molar-refractivity contribution < 1.29 is 14.3 Å². The number of nitrogens with zero attached hydrogens (tertiary/aromatic N) is 4. The number of aryl methyl sites for hydroxylation is 1. The van der Waals surface area contributed by atoms with Crippen LogP contribution in [0.3, 0.4) is 0 Å². The lowest BCUT2D eigenvalue weighted by Gasteiger charge is -2.24. The van der Waals surface area contributed by atoms with E-state index in [9.17, 15) is 4.79 Å². The van der Waals surface area contributed by atoms with E-state index >= 15 is 0 Å². The third kappa shape index (κ3) is 3.61. The fourth-order valence-electron chi connectivity index (χ4n) is 2.72. The van der Waals surface area contributed by atoms with Gasteiger partial charge in [-0.05, 0) is 44.7 Å². The summed E-state index contributed by atoms with van der Waals surface area (Å²) in [5.41, 5.74) is 2.31. The number of rotatable bonds is 6. The number of aromatic nitrogens is 3. The van der Waals surface area contributed by atoms with Crippen LogP contribution in [0.1, 0.15) is 40.4 Å². The number of carboxylic acids is 1. The molecule has 130 valence electrons. The molecule has 7 heteroatoms. The number of hydrogen-bond donors (Lipinski definition) is 1. The molecule has 0 saturated heterocycles.